The fraction of sp³-hybridized carbons (Fsp3) is 0.533. The van der Waals surface area contributed by atoms with Gasteiger partial charge in [0.2, 0.25) is 0 Å². The number of aryl methyl sites for hydroxylation is 1. The predicted molar refractivity (Wildman–Crippen MR) is 152 cm³/mol. The largest absolute Gasteiger partial charge is 0.406 e. The van der Waals surface area contributed by atoms with Crippen LogP contribution in [0.5, 0.6) is 0 Å². The summed E-state index contributed by atoms with van der Waals surface area (Å²) in [5.74, 6) is 1.06. The van der Waals surface area contributed by atoms with E-state index in [-0.39, 0.29) is 11.0 Å². The standard InChI is InChI=1S/C30H39F3N6O2/c1-20(2)22-8-7-11-38(17-22)15-21-12-25(28(41)39(16-21)18-30(31,32)33)27(40)35-24-10-6-9-23(13-24)29(3,4)14-26-36-34-19-37(26)5/h6,9-10,12-13,16,19-20,22H,7-8,11,14-15,17-18H2,1-5H3,(H,35,40). The number of pyridine rings is 1. The van der Waals surface area contributed by atoms with E-state index in [1.54, 1.807) is 18.5 Å². The van der Waals surface area contributed by atoms with Crippen molar-refractivity contribution in [1.82, 2.24) is 24.2 Å². The maximum absolute atomic E-state index is 13.4. The van der Waals surface area contributed by atoms with Crippen LogP contribution in [0.4, 0.5) is 18.9 Å². The zero-order chi connectivity index (χ0) is 29.9. The second-order valence-corrected chi connectivity index (χ2v) is 12.1. The Bertz CT molecular complexity index is 1430. The number of carbonyl (C=O) groups is 1. The first-order valence-electron chi connectivity index (χ1n) is 14.0. The molecule has 41 heavy (non-hydrogen) atoms. The minimum absolute atomic E-state index is 0.312. The maximum atomic E-state index is 13.4. The minimum atomic E-state index is -4.60. The Labute approximate surface area is 238 Å². The molecule has 1 amide bonds. The third-order valence-corrected chi connectivity index (χ3v) is 7.93. The van der Waals surface area contributed by atoms with Gasteiger partial charge in [0.25, 0.3) is 11.5 Å². The van der Waals surface area contributed by atoms with E-state index < -0.39 is 24.2 Å². The molecule has 3 aromatic rings. The molecule has 1 aromatic carbocycles. The summed E-state index contributed by atoms with van der Waals surface area (Å²) in [6.07, 6.45) is 0.981. The first kappa shape index (κ1) is 30.5. The van der Waals surface area contributed by atoms with Crippen LogP contribution in [0.1, 0.15) is 67.8 Å². The van der Waals surface area contributed by atoms with E-state index in [0.29, 0.717) is 40.6 Å². The summed E-state index contributed by atoms with van der Waals surface area (Å²) in [7, 11) is 1.87. The van der Waals surface area contributed by atoms with Gasteiger partial charge in [-0.15, -0.1) is 10.2 Å². The Kier molecular flexibility index (Phi) is 9.06. The van der Waals surface area contributed by atoms with Crippen LogP contribution in [-0.4, -0.2) is 49.4 Å². The molecule has 2 aromatic heterocycles. The van der Waals surface area contributed by atoms with E-state index in [9.17, 15) is 22.8 Å². The number of carbonyl (C=O) groups excluding carboxylic acids is 1. The van der Waals surface area contributed by atoms with Gasteiger partial charge >= 0.3 is 6.18 Å². The van der Waals surface area contributed by atoms with Crippen molar-refractivity contribution < 1.29 is 18.0 Å². The van der Waals surface area contributed by atoms with Gasteiger partial charge in [0.15, 0.2) is 0 Å². The summed E-state index contributed by atoms with van der Waals surface area (Å²) in [4.78, 5) is 28.6. The van der Waals surface area contributed by atoms with Crippen LogP contribution < -0.4 is 10.9 Å². The molecule has 0 bridgehead atoms. The minimum Gasteiger partial charge on any atom is -0.322 e. The Morgan fingerprint density at radius 1 is 1.20 bits per heavy atom. The average molecular weight is 573 g/mol. The molecule has 0 aliphatic carbocycles. The zero-order valence-corrected chi connectivity index (χ0v) is 24.3. The highest BCUT2D eigenvalue weighted by atomic mass is 19.4. The number of likely N-dealkylation sites (tertiary alicyclic amines) is 1. The summed E-state index contributed by atoms with van der Waals surface area (Å²) >= 11 is 0. The van der Waals surface area contributed by atoms with Gasteiger partial charge in [0.05, 0.1) is 0 Å². The SMILES string of the molecule is CC(C)C1CCCN(Cc2cc(C(=O)Nc3cccc(C(C)(C)Cc4nncn4C)c3)c(=O)n(CC(F)(F)F)c2)C1. The number of alkyl halides is 3. The number of hydrogen-bond donors (Lipinski definition) is 1. The number of halogens is 3. The van der Waals surface area contributed by atoms with Gasteiger partial charge in [-0.25, -0.2) is 0 Å². The Balaban J connectivity index is 1.59. The van der Waals surface area contributed by atoms with Crippen LogP contribution in [0.3, 0.4) is 0 Å². The number of anilines is 1. The number of hydrogen-bond acceptors (Lipinski definition) is 5. The number of nitrogens with one attached hydrogen (secondary N) is 1. The van der Waals surface area contributed by atoms with Crippen molar-refractivity contribution in [3.8, 4) is 0 Å². The van der Waals surface area contributed by atoms with E-state index in [2.05, 4.69) is 34.3 Å². The molecule has 1 unspecified atom stereocenters. The highest BCUT2D eigenvalue weighted by molar-refractivity contribution is 6.04. The zero-order valence-electron chi connectivity index (χ0n) is 24.3. The number of aromatic nitrogens is 4. The van der Waals surface area contributed by atoms with Gasteiger partial charge in [-0.2, -0.15) is 13.2 Å². The van der Waals surface area contributed by atoms with Crippen LogP contribution in [0.25, 0.3) is 0 Å². The van der Waals surface area contributed by atoms with Crippen molar-refractivity contribution in [3.05, 3.63) is 75.7 Å². The number of piperidine rings is 1. The molecule has 8 nitrogen and oxygen atoms in total. The fourth-order valence-corrected chi connectivity index (χ4v) is 5.48. The van der Waals surface area contributed by atoms with Crippen LogP contribution in [-0.2, 0) is 32.0 Å². The molecule has 0 spiro atoms. The van der Waals surface area contributed by atoms with E-state index in [1.807, 2.05) is 37.6 Å². The highest BCUT2D eigenvalue weighted by Crippen LogP contribution is 2.29. The molecule has 0 saturated carbocycles. The maximum Gasteiger partial charge on any atom is 0.406 e. The molecule has 1 fully saturated rings. The molecule has 1 saturated heterocycles. The van der Waals surface area contributed by atoms with Crippen molar-refractivity contribution in [2.75, 3.05) is 18.4 Å². The molecule has 222 valence electrons. The van der Waals surface area contributed by atoms with Gasteiger partial charge in [-0.3, -0.25) is 14.5 Å². The van der Waals surface area contributed by atoms with Crippen LogP contribution >= 0.6 is 0 Å². The topological polar surface area (TPSA) is 85.1 Å². The van der Waals surface area contributed by atoms with E-state index >= 15 is 0 Å². The van der Waals surface area contributed by atoms with E-state index in [0.717, 1.165) is 37.3 Å². The summed E-state index contributed by atoms with van der Waals surface area (Å²) < 4.78 is 42.6. The molecule has 1 atom stereocenters. The van der Waals surface area contributed by atoms with Crippen LogP contribution in [0, 0.1) is 11.8 Å². The quantitative estimate of drug-likeness (QED) is 0.382. The van der Waals surface area contributed by atoms with Gasteiger partial charge in [-0.05, 0) is 66.0 Å². The third-order valence-electron chi connectivity index (χ3n) is 7.93. The molecule has 1 aliphatic heterocycles. The van der Waals surface area contributed by atoms with Crippen LogP contribution in [0.15, 0.2) is 47.7 Å². The van der Waals surface area contributed by atoms with E-state index in [1.165, 1.54) is 12.3 Å². The van der Waals surface area contributed by atoms with Gasteiger partial charge in [0, 0.05) is 38.4 Å². The lowest BCUT2D eigenvalue weighted by molar-refractivity contribution is -0.141. The van der Waals surface area contributed by atoms with Crippen LogP contribution in [0.2, 0.25) is 0 Å². The molecule has 0 radical (unpaired) electrons. The fourth-order valence-electron chi connectivity index (χ4n) is 5.48. The highest BCUT2D eigenvalue weighted by Gasteiger charge is 2.30. The molecule has 1 aliphatic rings. The number of rotatable bonds is 9. The first-order valence-corrected chi connectivity index (χ1v) is 14.0. The Morgan fingerprint density at radius 2 is 1.95 bits per heavy atom. The lowest BCUT2D eigenvalue weighted by atomic mass is 9.81. The second kappa shape index (κ2) is 12.2. The van der Waals surface area contributed by atoms with Crippen molar-refractivity contribution in [3.63, 3.8) is 0 Å². The average Bonchev–Trinajstić information content (AvgIpc) is 3.28. The van der Waals surface area contributed by atoms with Crippen molar-refractivity contribution in [2.24, 2.45) is 18.9 Å². The summed E-state index contributed by atoms with van der Waals surface area (Å²) in [6, 6.07) is 8.67. The smallest absolute Gasteiger partial charge is 0.322 e. The van der Waals surface area contributed by atoms with Crippen molar-refractivity contribution in [1.29, 1.82) is 0 Å². The molecule has 3 heterocycles. The lowest BCUT2D eigenvalue weighted by Crippen LogP contribution is -2.38. The van der Waals surface area contributed by atoms with Crippen molar-refractivity contribution >= 4 is 11.6 Å². The Morgan fingerprint density at radius 3 is 2.61 bits per heavy atom. The van der Waals surface area contributed by atoms with Crippen molar-refractivity contribution in [2.45, 2.75) is 71.6 Å². The second-order valence-electron chi connectivity index (χ2n) is 12.1. The number of nitrogens with zero attached hydrogens (tertiary/aromatic N) is 5. The molecular weight excluding hydrogens is 533 g/mol. The number of benzene rings is 1. The summed E-state index contributed by atoms with van der Waals surface area (Å²) in [5.41, 5.74) is 0.229. The third kappa shape index (κ3) is 7.84. The van der Waals surface area contributed by atoms with E-state index in [4.69, 9.17) is 0 Å². The molecule has 4 rings (SSSR count). The molecule has 11 heteroatoms. The lowest BCUT2D eigenvalue weighted by Gasteiger charge is -2.34. The molecule has 1 N–H and O–H groups in total. The number of amides is 1. The van der Waals surface area contributed by atoms with Gasteiger partial charge in [-0.1, -0.05) is 39.8 Å². The first-order chi connectivity index (χ1) is 19.2. The summed E-state index contributed by atoms with van der Waals surface area (Å²) in [5, 5.41) is 10.8. The molecular formula is C30H39F3N6O2. The normalized spacial score (nSPS) is 16.8. The Hall–Kier alpha value is -3.47. The van der Waals surface area contributed by atoms with Gasteiger partial charge in [0.1, 0.15) is 24.3 Å². The predicted octanol–water partition coefficient (Wildman–Crippen LogP) is 5.18. The van der Waals surface area contributed by atoms with Gasteiger partial charge < -0.3 is 14.5 Å². The summed E-state index contributed by atoms with van der Waals surface area (Å²) in [6.45, 7) is 9.00. The monoisotopic (exact) mass is 572 g/mol.